The molecule has 0 radical (unpaired) electrons. The Bertz CT molecular complexity index is 545. The van der Waals surface area contributed by atoms with Gasteiger partial charge in [-0.25, -0.2) is 9.97 Å². The van der Waals surface area contributed by atoms with Crippen molar-refractivity contribution in [1.82, 2.24) is 9.97 Å². The molecule has 1 N–H and O–H groups in total. The molecule has 0 spiro atoms. The van der Waals surface area contributed by atoms with Crippen LogP contribution in [0.4, 0.5) is 11.6 Å². The maximum Gasteiger partial charge on any atom is 0.191 e. The Kier molecular flexibility index (Phi) is 5.92. The third-order valence-corrected chi connectivity index (χ3v) is 3.61. The van der Waals surface area contributed by atoms with Crippen molar-refractivity contribution in [3.8, 4) is 0 Å². The number of rotatable bonds is 8. The number of anilines is 2. The van der Waals surface area contributed by atoms with E-state index in [0.717, 1.165) is 42.1 Å². The van der Waals surface area contributed by atoms with Crippen LogP contribution in [0.5, 0.6) is 0 Å². The van der Waals surface area contributed by atoms with Crippen LogP contribution in [-0.4, -0.2) is 29.3 Å². The third-order valence-electron chi connectivity index (χ3n) is 3.06. The zero-order valence-corrected chi connectivity index (χ0v) is 13.6. The van der Waals surface area contributed by atoms with Crippen LogP contribution in [0.2, 0.25) is 0 Å². The van der Waals surface area contributed by atoms with Crippen molar-refractivity contribution in [3.63, 3.8) is 0 Å². The van der Waals surface area contributed by atoms with Crippen LogP contribution in [0.15, 0.2) is 34.0 Å². The molecule has 0 amide bonds. The van der Waals surface area contributed by atoms with Gasteiger partial charge in [0.25, 0.3) is 0 Å². The van der Waals surface area contributed by atoms with Crippen LogP contribution in [-0.2, 0) is 6.54 Å². The lowest BCUT2D eigenvalue weighted by Crippen LogP contribution is -2.23. The molecule has 0 aliphatic carbocycles. The number of hydrogen-bond acceptors (Lipinski definition) is 6. The minimum atomic E-state index is 0.710. The molecule has 2 aromatic heterocycles. The van der Waals surface area contributed by atoms with Crippen LogP contribution in [0.25, 0.3) is 0 Å². The van der Waals surface area contributed by atoms with Crippen LogP contribution in [0.1, 0.15) is 26.0 Å². The summed E-state index contributed by atoms with van der Waals surface area (Å²) < 4.78 is 5.43. The lowest BCUT2D eigenvalue weighted by molar-refractivity contribution is 0.502. The standard InChI is InChI=1S/C15H22N4OS/c1-4-8-16-13-10-14(18-15(17-13)21-3)19(5-2)11-12-7-6-9-20-12/h6-7,9-10H,4-5,8,11H2,1-3H3,(H,16,17,18). The van der Waals surface area contributed by atoms with Crippen molar-refractivity contribution in [3.05, 3.63) is 30.2 Å². The van der Waals surface area contributed by atoms with E-state index in [1.54, 1.807) is 18.0 Å². The molecule has 0 aromatic carbocycles. The van der Waals surface area contributed by atoms with Gasteiger partial charge in [-0.3, -0.25) is 0 Å². The SMILES string of the molecule is CCCNc1cc(N(CC)Cc2ccco2)nc(SC)n1. The van der Waals surface area contributed by atoms with Gasteiger partial charge in [0.15, 0.2) is 5.16 Å². The van der Waals surface area contributed by atoms with E-state index in [-0.39, 0.29) is 0 Å². The molecule has 2 heterocycles. The molecule has 0 fully saturated rings. The summed E-state index contributed by atoms with van der Waals surface area (Å²) in [6.07, 6.45) is 4.76. The van der Waals surface area contributed by atoms with Crippen LogP contribution in [0, 0.1) is 0 Å². The Morgan fingerprint density at radius 2 is 2.19 bits per heavy atom. The van der Waals surface area contributed by atoms with E-state index in [9.17, 15) is 0 Å². The molecule has 0 unspecified atom stereocenters. The van der Waals surface area contributed by atoms with Crippen molar-refractivity contribution < 1.29 is 4.42 Å². The molecule has 0 bridgehead atoms. The average molecular weight is 306 g/mol. The first kappa shape index (κ1) is 15.7. The largest absolute Gasteiger partial charge is 0.467 e. The number of thioether (sulfide) groups is 1. The molecule has 6 heteroatoms. The first-order valence-corrected chi connectivity index (χ1v) is 8.43. The summed E-state index contributed by atoms with van der Waals surface area (Å²) in [5.41, 5.74) is 0. The summed E-state index contributed by atoms with van der Waals surface area (Å²) in [6.45, 7) is 6.73. The van der Waals surface area contributed by atoms with E-state index in [2.05, 4.69) is 34.0 Å². The molecule has 5 nitrogen and oxygen atoms in total. The average Bonchev–Trinajstić information content (AvgIpc) is 3.03. The fraction of sp³-hybridized carbons (Fsp3) is 0.467. The fourth-order valence-electron chi connectivity index (χ4n) is 1.96. The summed E-state index contributed by atoms with van der Waals surface area (Å²) in [6, 6.07) is 5.89. The molecule has 0 atom stereocenters. The Hall–Kier alpha value is -1.69. The zero-order valence-electron chi connectivity index (χ0n) is 12.8. The molecular weight excluding hydrogens is 284 g/mol. The predicted octanol–water partition coefficient (Wildman–Crippen LogP) is 3.64. The van der Waals surface area contributed by atoms with Gasteiger partial charge in [0, 0.05) is 19.2 Å². The van der Waals surface area contributed by atoms with Crippen molar-refractivity contribution >= 4 is 23.4 Å². The number of furan rings is 1. The fourth-order valence-corrected chi connectivity index (χ4v) is 2.33. The van der Waals surface area contributed by atoms with E-state index < -0.39 is 0 Å². The van der Waals surface area contributed by atoms with E-state index >= 15 is 0 Å². The quantitative estimate of drug-likeness (QED) is 0.593. The second-order valence-electron chi connectivity index (χ2n) is 4.62. The highest BCUT2D eigenvalue weighted by atomic mass is 32.2. The number of aromatic nitrogens is 2. The highest BCUT2D eigenvalue weighted by Crippen LogP contribution is 2.22. The van der Waals surface area contributed by atoms with Crippen LogP contribution < -0.4 is 10.2 Å². The van der Waals surface area contributed by atoms with Gasteiger partial charge in [0.2, 0.25) is 0 Å². The summed E-state index contributed by atoms with van der Waals surface area (Å²) >= 11 is 1.55. The van der Waals surface area contributed by atoms with E-state index in [4.69, 9.17) is 4.42 Å². The van der Waals surface area contributed by atoms with Crippen molar-refractivity contribution in [2.75, 3.05) is 29.6 Å². The van der Waals surface area contributed by atoms with Crippen LogP contribution >= 0.6 is 11.8 Å². The van der Waals surface area contributed by atoms with Crippen LogP contribution in [0.3, 0.4) is 0 Å². The van der Waals surface area contributed by atoms with E-state index in [1.807, 2.05) is 24.5 Å². The molecule has 114 valence electrons. The summed E-state index contributed by atoms with van der Waals surface area (Å²) in [7, 11) is 0. The molecule has 0 aliphatic rings. The predicted molar refractivity (Wildman–Crippen MR) is 88.0 cm³/mol. The van der Waals surface area contributed by atoms with Crippen molar-refractivity contribution in [1.29, 1.82) is 0 Å². The van der Waals surface area contributed by atoms with E-state index in [1.165, 1.54) is 0 Å². The van der Waals surface area contributed by atoms with Gasteiger partial charge in [-0.05, 0) is 31.7 Å². The van der Waals surface area contributed by atoms with Gasteiger partial charge < -0.3 is 14.6 Å². The Morgan fingerprint density at radius 3 is 2.81 bits per heavy atom. The molecule has 0 saturated heterocycles. The van der Waals surface area contributed by atoms with Crippen molar-refractivity contribution in [2.45, 2.75) is 32.0 Å². The first-order valence-electron chi connectivity index (χ1n) is 7.21. The second-order valence-corrected chi connectivity index (χ2v) is 5.39. The van der Waals surface area contributed by atoms with E-state index in [0.29, 0.717) is 6.54 Å². The van der Waals surface area contributed by atoms with Gasteiger partial charge in [-0.1, -0.05) is 18.7 Å². The second kappa shape index (κ2) is 7.93. The summed E-state index contributed by atoms with van der Waals surface area (Å²) in [5, 5.41) is 4.11. The van der Waals surface area contributed by atoms with Gasteiger partial charge in [0.05, 0.1) is 12.8 Å². The summed E-state index contributed by atoms with van der Waals surface area (Å²) in [5.74, 6) is 2.74. The van der Waals surface area contributed by atoms with Gasteiger partial charge in [0.1, 0.15) is 17.4 Å². The van der Waals surface area contributed by atoms with Crippen molar-refractivity contribution in [2.24, 2.45) is 0 Å². The molecule has 0 saturated carbocycles. The monoisotopic (exact) mass is 306 g/mol. The Balaban J connectivity index is 2.22. The molecule has 21 heavy (non-hydrogen) atoms. The molecular formula is C15H22N4OS. The summed E-state index contributed by atoms with van der Waals surface area (Å²) in [4.78, 5) is 11.3. The van der Waals surface area contributed by atoms with Gasteiger partial charge in [-0.2, -0.15) is 0 Å². The highest BCUT2D eigenvalue weighted by molar-refractivity contribution is 7.98. The zero-order chi connectivity index (χ0) is 15.1. The topological polar surface area (TPSA) is 54.2 Å². The first-order chi connectivity index (χ1) is 10.3. The normalized spacial score (nSPS) is 10.6. The number of hydrogen-bond donors (Lipinski definition) is 1. The Labute approximate surface area is 130 Å². The van der Waals surface area contributed by atoms with Gasteiger partial charge >= 0.3 is 0 Å². The minimum Gasteiger partial charge on any atom is -0.467 e. The smallest absolute Gasteiger partial charge is 0.191 e. The maximum atomic E-state index is 5.43. The Morgan fingerprint density at radius 1 is 1.33 bits per heavy atom. The maximum absolute atomic E-state index is 5.43. The van der Waals surface area contributed by atoms with Gasteiger partial charge in [-0.15, -0.1) is 0 Å². The highest BCUT2D eigenvalue weighted by Gasteiger charge is 2.12. The molecule has 2 aromatic rings. The lowest BCUT2D eigenvalue weighted by Gasteiger charge is -2.21. The molecule has 2 rings (SSSR count). The lowest BCUT2D eigenvalue weighted by atomic mass is 10.3. The molecule has 0 aliphatic heterocycles. The number of nitrogens with one attached hydrogen (secondary N) is 1. The third kappa shape index (κ3) is 4.39. The number of nitrogens with zero attached hydrogens (tertiary/aromatic N) is 3. The minimum absolute atomic E-state index is 0.710.